The minimum atomic E-state index is 0.266. The molecule has 1 N–H and O–H groups in total. The highest BCUT2D eigenvalue weighted by Crippen LogP contribution is 2.21. The third kappa shape index (κ3) is 4.74. The number of amides is 1. The summed E-state index contributed by atoms with van der Waals surface area (Å²) in [6, 6.07) is 0. The first-order chi connectivity index (χ1) is 9.81. The van der Waals surface area contributed by atoms with Crippen molar-refractivity contribution in [3.8, 4) is 0 Å². The van der Waals surface area contributed by atoms with Gasteiger partial charge < -0.3 is 14.9 Å². The lowest BCUT2D eigenvalue weighted by Crippen LogP contribution is -2.43. The lowest BCUT2D eigenvalue weighted by atomic mass is 9.95. The highest BCUT2D eigenvalue weighted by molar-refractivity contribution is 5.79. The lowest BCUT2D eigenvalue weighted by Gasteiger charge is -2.34. The van der Waals surface area contributed by atoms with Gasteiger partial charge in [0.15, 0.2) is 0 Å². The summed E-state index contributed by atoms with van der Waals surface area (Å²) in [5.41, 5.74) is 0. The molecule has 116 valence electrons. The number of nitrogens with zero attached hydrogens (tertiary/aromatic N) is 2. The third-order valence-electron chi connectivity index (χ3n) is 4.74. The minimum absolute atomic E-state index is 0.266. The molecule has 0 bridgehead atoms. The summed E-state index contributed by atoms with van der Waals surface area (Å²) >= 11 is 0. The van der Waals surface area contributed by atoms with Crippen LogP contribution in [0.3, 0.4) is 0 Å². The van der Waals surface area contributed by atoms with Crippen molar-refractivity contribution in [2.24, 2.45) is 5.92 Å². The predicted molar refractivity (Wildman–Crippen MR) is 80.5 cm³/mol. The van der Waals surface area contributed by atoms with E-state index in [0.29, 0.717) is 12.5 Å². The number of unbranched alkanes of at least 4 members (excludes halogenated alkanes) is 1. The maximum absolute atomic E-state index is 12.5. The van der Waals surface area contributed by atoms with Crippen molar-refractivity contribution in [3.63, 3.8) is 0 Å². The summed E-state index contributed by atoms with van der Waals surface area (Å²) in [7, 11) is 0. The molecule has 2 heterocycles. The molecule has 0 saturated carbocycles. The Morgan fingerprint density at radius 2 is 1.60 bits per heavy atom. The quantitative estimate of drug-likeness (QED) is 0.783. The molecule has 2 rings (SSSR count). The predicted octanol–water partition coefficient (Wildman–Crippen LogP) is 1.87. The summed E-state index contributed by atoms with van der Waals surface area (Å²) in [4.78, 5) is 17.1. The summed E-state index contributed by atoms with van der Waals surface area (Å²) in [5.74, 6) is 0.684. The first-order valence-electron chi connectivity index (χ1n) is 8.43. The molecule has 4 nitrogen and oxygen atoms in total. The van der Waals surface area contributed by atoms with Gasteiger partial charge in [0.1, 0.15) is 0 Å². The zero-order valence-electron chi connectivity index (χ0n) is 12.7. The van der Waals surface area contributed by atoms with Gasteiger partial charge in [0.05, 0.1) is 0 Å². The molecular formula is C16H30N2O2. The fourth-order valence-electron chi connectivity index (χ4n) is 3.40. The molecule has 2 aliphatic rings. The summed E-state index contributed by atoms with van der Waals surface area (Å²) in [6.07, 6.45) is 8.95. The van der Waals surface area contributed by atoms with Gasteiger partial charge in [-0.2, -0.15) is 0 Å². The monoisotopic (exact) mass is 282 g/mol. The van der Waals surface area contributed by atoms with E-state index in [1.807, 2.05) is 0 Å². The number of rotatable bonds is 5. The molecule has 4 heteroatoms. The standard InChI is InChI=1S/C16H30N2O2/c19-14-6-5-9-17-12-7-15(8-13-17)16(20)18-10-3-1-2-4-11-18/h15,19H,1-14H2. The van der Waals surface area contributed by atoms with Crippen LogP contribution in [0.2, 0.25) is 0 Å². The van der Waals surface area contributed by atoms with E-state index in [9.17, 15) is 4.79 Å². The van der Waals surface area contributed by atoms with E-state index in [0.717, 1.165) is 58.4 Å². The van der Waals surface area contributed by atoms with Crippen molar-refractivity contribution in [3.05, 3.63) is 0 Å². The van der Waals surface area contributed by atoms with Crippen LogP contribution in [-0.4, -0.2) is 60.1 Å². The molecule has 2 aliphatic heterocycles. The number of piperidine rings is 1. The molecule has 0 aromatic carbocycles. The molecule has 0 aromatic heterocycles. The molecular weight excluding hydrogens is 252 g/mol. The molecule has 20 heavy (non-hydrogen) atoms. The van der Waals surface area contributed by atoms with Crippen LogP contribution in [-0.2, 0) is 4.79 Å². The zero-order chi connectivity index (χ0) is 14.2. The Morgan fingerprint density at radius 3 is 2.20 bits per heavy atom. The van der Waals surface area contributed by atoms with E-state index in [2.05, 4.69) is 9.80 Å². The molecule has 0 radical (unpaired) electrons. The van der Waals surface area contributed by atoms with Crippen LogP contribution < -0.4 is 0 Å². The average molecular weight is 282 g/mol. The van der Waals surface area contributed by atoms with Crippen molar-refractivity contribution >= 4 is 5.91 Å². The summed E-state index contributed by atoms with van der Waals surface area (Å²) < 4.78 is 0. The highest BCUT2D eigenvalue weighted by atomic mass is 16.2. The smallest absolute Gasteiger partial charge is 0.225 e. The van der Waals surface area contributed by atoms with Gasteiger partial charge in [0, 0.05) is 25.6 Å². The third-order valence-corrected chi connectivity index (χ3v) is 4.74. The Bertz CT molecular complexity index is 280. The van der Waals surface area contributed by atoms with Crippen molar-refractivity contribution in [2.45, 2.75) is 51.4 Å². The Hall–Kier alpha value is -0.610. The zero-order valence-corrected chi connectivity index (χ0v) is 12.7. The largest absolute Gasteiger partial charge is 0.396 e. The van der Waals surface area contributed by atoms with Crippen LogP contribution in [0.5, 0.6) is 0 Å². The van der Waals surface area contributed by atoms with Gasteiger partial charge in [-0.25, -0.2) is 0 Å². The first-order valence-corrected chi connectivity index (χ1v) is 8.43. The van der Waals surface area contributed by atoms with E-state index in [1.165, 1.54) is 25.7 Å². The normalized spacial score (nSPS) is 22.8. The SMILES string of the molecule is O=C(C1CCN(CCCCO)CC1)N1CCCCCC1. The molecule has 1 amide bonds. The van der Waals surface area contributed by atoms with Crippen LogP contribution in [0.4, 0.5) is 0 Å². The Balaban J connectivity index is 1.70. The number of aliphatic hydroxyl groups is 1. The molecule has 2 saturated heterocycles. The van der Waals surface area contributed by atoms with Crippen molar-refractivity contribution in [1.29, 1.82) is 0 Å². The van der Waals surface area contributed by atoms with Crippen molar-refractivity contribution < 1.29 is 9.90 Å². The number of hydrogen-bond donors (Lipinski definition) is 1. The van der Waals surface area contributed by atoms with Crippen LogP contribution in [0.15, 0.2) is 0 Å². The van der Waals surface area contributed by atoms with Crippen LogP contribution in [0, 0.1) is 5.92 Å². The van der Waals surface area contributed by atoms with E-state index >= 15 is 0 Å². The van der Waals surface area contributed by atoms with Crippen LogP contribution in [0.25, 0.3) is 0 Å². The molecule has 0 aromatic rings. The van der Waals surface area contributed by atoms with Gasteiger partial charge in [0.2, 0.25) is 5.91 Å². The summed E-state index contributed by atoms with van der Waals surface area (Å²) in [5, 5.41) is 8.81. The van der Waals surface area contributed by atoms with Crippen molar-refractivity contribution in [2.75, 3.05) is 39.3 Å². The maximum Gasteiger partial charge on any atom is 0.225 e. The van der Waals surface area contributed by atoms with Crippen LogP contribution in [0.1, 0.15) is 51.4 Å². The van der Waals surface area contributed by atoms with Crippen LogP contribution >= 0.6 is 0 Å². The van der Waals surface area contributed by atoms with Gasteiger partial charge in [0.25, 0.3) is 0 Å². The second kappa shape index (κ2) is 8.63. The second-order valence-electron chi connectivity index (χ2n) is 6.29. The number of aliphatic hydroxyl groups excluding tert-OH is 1. The minimum Gasteiger partial charge on any atom is -0.396 e. The number of carbonyl (C=O) groups excluding carboxylic acids is 1. The van der Waals surface area contributed by atoms with E-state index in [4.69, 9.17) is 5.11 Å². The fourth-order valence-corrected chi connectivity index (χ4v) is 3.40. The average Bonchev–Trinajstić information content (AvgIpc) is 2.77. The molecule has 0 atom stereocenters. The Kier molecular flexibility index (Phi) is 6.80. The first kappa shape index (κ1) is 15.8. The lowest BCUT2D eigenvalue weighted by molar-refractivity contribution is -0.137. The molecule has 0 spiro atoms. The molecule has 0 aliphatic carbocycles. The number of likely N-dealkylation sites (tertiary alicyclic amines) is 2. The Morgan fingerprint density at radius 1 is 0.950 bits per heavy atom. The van der Waals surface area contributed by atoms with E-state index < -0.39 is 0 Å². The number of carbonyl (C=O) groups is 1. The van der Waals surface area contributed by atoms with E-state index in [1.54, 1.807) is 0 Å². The van der Waals surface area contributed by atoms with Gasteiger partial charge in [-0.15, -0.1) is 0 Å². The highest BCUT2D eigenvalue weighted by Gasteiger charge is 2.28. The number of hydrogen-bond acceptors (Lipinski definition) is 3. The summed E-state index contributed by atoms with van der Waals surface area (Å²) in [6.45, 7) is 5.44. The van der Waals surface area contributed by atoms with Crippen molar-refractivity contribution in [1.82, 2.24) is 9.80 Å². The van der Waals surface area contributed by atoms with Gasteiger partial charge in [-0.1, -0.05) is 12.8 Å². The van der Waals surface area contributed by atoms with Gasteiger partial charge >= 0.3 is 0 Å². The fraction of sp³-hybridized carbons (Fsp3) is 0.938. The van der Waals surface area contributed by atoms with Gasteiger partial charge in [-0.05, 0) is 58.2 Å². The second-order valence-corrected chi connectivity index (χ2v) is 6.29. The Labute approximate surface area is 123 Å². The van der Waals surface area contributed by atoms with Gasteiger partial charge in [-0.3, -0.25) is 4.79 Å². The van der Waals surface area contributed by atoms with E-state index in [-0.39, 0.29) is 5.92 Å². The maximum atomic E-state index is 12.5. The topological polar surface area (TPSA) is 43.8 Å². The molecule has 2 fully saturated rings. The molecule has 0 unspecified atom stereocenters.